The Morgan fingerprint density at radius 2 is 1.50 bits per heavy atom. The van der Waals surface area contributed by atoms with E-state index >= 15 is 0 Å². The van der Waals surface area contributed by atoms with Gasteiger partial charge in [-0.25, -0.2) is 0 Å². The van der Waals surface area contributed by atoms with Gasteiger partial charge in [0.05, 0.1) is 18.0 Å². The van der Waals surface area contributed by atoms with Gasteiger partial charge in [-0.3, -0.25) is 0 Å². The van der Waals surface area contributed by atoms with E-state index in [1.165, 1.54) is 0 Å². The average molecular weight is 196 g/mol. The largest absolute Gasteiger partial charge is 0.395 e. The van der Waals surface area contributed by atoms with E-state index in [0.29, 0.717) is 0 Å². The lowest BCUT2D eigenvalue weighted by molar-refractivity contribution is -0.0953. The first-order valence-corrected chi connectivity index (χ1v) is 4.50. The van der Waals surface area contributed by atoms with Gasteiger partial charge in [0.1, 0.15) is 17.6 Å². The number of rotatable bonds is 1. The van der Waals surface area contributed by atoms with E-state index in [1.807, 2.05) is 0 Å². The summed E-state index contributed by atoms with van der Waals surface area (Å²) in [6.45, 7) is -0.341. The molecule has 1 rings (SSSR count). The normalized spacial score (nSPS) is 49.2. The average Bonchev–Trinajstić information content (AvgIpc) is 2.08. The van der Waals surface area contributed by atoms with Gasteiger partial charge in [-0.2, -0.15) is 0 Å². The Bertz CT molecular complexity index is 150. The van der Waals surface area contributed by atoms with Gasteiger partial charge in [-0.15, -0.1) is 11.8 Å². The molecular weight excluding hydrogens is 184 g/mol. The lowest BCUT2D eigenvalue weighted by atomic mass is 10.0. The van der Waals surface area contributed by atoms with Crippen LogP contribution >= 0.6 is 11.8 Å². The fourth-order valence-electron chi connectivity index (χ4n) is 1.08. The van der Waals surface area contributed by atoms with Crippen LogP contribution < -0.4 is 0 Å². The highest BCUT2D eigenvalue weighted by Gasteiger charge is 2.42. The van der Waals surface area contributed by atoms with Gasteiger partial charge >= 0.3 is 0 Å². The first-order valence-electron chi connectivity index (χ1n) is 3.56. The van der Waals surface area contributed by atoms with Crippen molar-refractivity contribution in [3.05, 3.63) is 0 Å². The van der Waals surface area contributed by atoms with Crippen molar-refractivity contribution >= 4 is 11.8 Å². The molecule has 0 aromatic rings. The number of aliphatic hydroxyl groups is 5. The van der Waals surface area contributed by atoms with Gasteiger partial charge < -0.3 is 25.5 Å². The van der Waals surface area contributed by atoms with Crippen LogP contribution in [0.5, 0.6) is 0 Å². The van der Waals surface area contributed by atoms with Crippen molar-refractivity contribution in [3.8, 4) is 0 Å². The Morgan fingerprint density at radius 1 is 0.917 bits per heavy atom. The van der Waals surface area contributed by atoms with Crippen LogP contribution in [0, 0.1) is 0 Å². The second kappa shape index (κ2) is 3.91. The Balaban J connectivity index is 2.63. The van der Waals surface area contributed by atoms with Crippen molar-refractivity contribution in [2.45, 2.75) is 29.0 Å². The summed E-state index contributed by atoms with van der Waals surface area (Å²) in [7, 11) is 0. The smallest absolute Gasteiger partial charge is 0.128 e. The molecule has 0 saturated carbocycles. The molecule has 1 aliphatic rings. The summed E-state index contributed by atoms with van der Waals surface area (Å²) in [5.41, 5.74) is -1.15. The molecule has 1 fully saturated rings. The third-order valence-corrected chi connectivity index (χ3v) is 3.20. The molecular formula is C6H12O5S. The first-order chi connectivity index (χ1) is 5.57. The standard InChI is InChI=1S/C6H12O5S/c7-1-2-3(8)4(9)5(10)6(11)12-2/h2-11H,1H2/t2-,3-,4+,5+,6?/m1/s1. The van der Waals surface area contributed by atoms with Crippen molar-refractivity contribution in [2.75, 3.05) is 6.61 Å². The summed E-state index contributed by atoms with van der Waals surface area (Å²) < 4.78 is 0. The number of thioether (sulfide) groups is 1. The fraction of sp³-hybridized carbons (Fsp3) is 1.00. The SMILES string of the molecule is OC[C@H]1SC(O)[C@@H](O)[C@@H](O)[C@@H]1O. The summed E-state index contributed by atoms with van der Waals surface area (Å²) in [5, 5.41) is 44.6. The molecule has 6 heteroatoms. The second-order valence-electron chi connectivity index (χ2n) is 2.72. The third kappa shape index (κ3) is 1.73. The highest BCUT2D eigenvalue weighted by atomic mass is 32.2. The highest BCUT2D eigenvalue weighted by Crippen LogP contribution is 2.30. The first kappa shape index (κ1) is 10.2. The van der Waals surface area contributed by atoms with Crippen LogP contribution in [0.2, 0.25) is 0 Å². The maximum Gasteiger partial charge on any atom is 0.128 e. The molecule has 1 unspecified atom stereocenters. The van der Waals surface area contributed by atoms with Crippen LogP contribution in [0.15, 0.2) is 0 Å². The lowest BCUT2D eigenvalue weighted by Gasteiger charge is -2.36. The van der Waals surface area contributed by atoms with E-state index < -0.39 is 29.0 Å². The zero-order valence-electron chi connectivity index (χ0n) is 6.24. The zero-order valence-corrected chi connectivity index (χ0v) is 7.05. The van der Waals surface area contributed by atoms with E-state index in [9.17, 15) is 5.11 Å². The van der Waals surface area contributed by atoms with Crippen molar-refractivity contribution in [2.24, 2.45) is 0 Å². The number of hydrogen-bond donors (Lipinski definition) is 5. The lowest BCUT2D eigenvalue weighted by Crippen LogP contribution is -2.53. The molecule has 0 amide bonds. The van der Waals surface area contributed by atoms with Crippen LogP contribution in [0.25, 0.3) is 0 Å². The topological polar surface area (TPSA) is 101 Å². The number of aliphatic hydroxyl groups excluding tert-OH is 5. The molecule has 5 nitrogen and oxygen atoms in total. The van der Waals surface area contributed by atoms with Crippen LogP contribution in [-0.4, -0.2) is 61.1 Å². The van der Waals surface area contributed by atoms with E-state index in [2.05, 4.69) is 0 Å². The molecule has 5 N–H and O–H groups in total. The predicted molar refractivity (Wildman–Crippen MR) is 42.5 cm³/mol. The monoisotopic (exact) mass is 196 g/mol. The number of hydrogen-bond acceptors (Lipinski definition) is 6. The van der Waals surface area contributed by atoms with Gasteiger partial charge in [0.15, 0.2) is 0 Å². The summed E-state index contributed by atoms with van der Waals surface area (Å²) in [5.74, 6) is 0. The molecule has 72 valence electrons. The minimum Gasteiger partial charge on any atom is -0.395 e. The second-order valence-corrected chi connectivity index (χ2v) is 4.08. The zero-order chi connectivity index (χ0) is 9.30. The van der Waals surface area contributed by atoms with Crippen molar-refractivity contribution in [1.82, 2.24) is 0 Å². The van der Waals surface area contributed by atoms with E-state index in [1.54, 1.807) is 0 Å². The molecule has 0 aromatic heterocycles. The van der Waals surface area contributed by atoms with Crippen LogP contribution in [0.3, 0.4) is 0 Å². The Hall–Kier alpha value is 0.150. The minimum atomic E-state index is -1.39. The van der Waals surface area contributed by atoms with Crippen LogP contribution in [-0.2, 0) is 0 Å². The molecule has 0 aliphatic carbocycles. The van der Waals surface area contributed by atoms with Gasteiger partial charge in [0, 0.05) is 0 Å². The van der Waals surface area contributed by atoms with Crippen LogP contribution in [0.4, 0.5) is 0 Å². The molecule has 0 aromatic carbocycles. The van der Waals surface area contributed by atoms with Gasteiger partial charge in [0.2, 0.25) is 0 Å². The molecule has 0 radical (unpaired) electrons. The van der Waals surface area contributed by atoms with E-state index in [-0.39, 0.29) is 6.61 Å². The maximum absolute atomic E-state index is 9.22. The summed E-state index contributed by atoms with van der Waals surface area (Å²) in [4.78, 5) is 0. The molecule has 0 bridgehead atoms. The minimum absolute atomic E-state index is 0.341. The molecule has 1 heterocycles. The van der Waals surface area contributed by atoms with E-state index in [0.717, 1.165) is 11.8 Å². The molecule has 5 atom stereocenters. The van der Waals surface area contributed by atoms with Gasteiger partial charge in [-0.05, 0) is 0 Å². The Morgan fingerprint density at radius 3 is 2.00 bits per heavy atom. The van der Waals surface area contributed by atoms with Crippen molar-refractivity contribution < 1.29 is 25.5 Å². The molecule has 1 saturated heterocycles. The van der Waals surface area contributed by atoms with Gasteiger partial charge in [-0.1, -0.05) is 0 Å². The quantitative estimate of drug-likeness (QED) is 0.318. The predicted octanol–water partition coefficient (Wildman–Crippen LogP) is -2.50. The third-order valence-electron chi connectivity index (χ3n) is 1.87. The van der Waals surface area contributed by atoms with E-state index in [4.69, 9.17) is 20.4 Å². The van der Waals surface area contributed by atoms with Crippen LogP contribution in [0.1, 0.15) is 0 Å². The van der Waals surface area contributed by atoms with Gasteiger partial charge in [0.25, 0.3) is 0 Å². The maximum atomic E-state index is 9.22. The Labute approximate surface area is 73.7 Å². The molecule has 1 aliphatic heterocycles. The summed E-state index contributed by atoms with van der Waals surface area (Å²) >= 11 is 0.852. The van der Waals surface area contributed by atoms with Crippen molar-refractivity contribution in [3.63, 3.8) is 0 Å². The molecule has 0 spiro atoms. The summed E-state index contributed by atoms with van der Waals surface area (Å²) in [6, 6.07) is 0. The van der Waals surface area contributed by atoms with Crippen molar-refractivity contribution in [1.29, 1.82) is 0 Å². The summed E-state index contributed by atoms with van der Waals surface area (Å²) in [6.07, 6.45) is -3.94. The highest BCUT2D eigenvalue weighted by molar-refractivity contribution is 8.00. The fourth-order valence-corrected chi connectivity index (χ4v) is 2.17. The Kier molecular flexibility index (Phi) is 3.33. The molecule has 12 heavy (non-hydrogen) atoms.